The fourth-order valence-electron chi connectivity index (χ4n) is 0.560. The van der Waals surface area contributed by atoms with Gasteiger partial charge in [0.05, 0.1) is 5.75 Å². The quantitative estimate of drug-likeness (QED) is 0.650. The normalized spacial score (nSPS) is 10.1. The molecule has 0 aliphatic rings. The molecule has 6 heteroatoms. The van der Waals surface area contributed by atoms with Gasteiger partial charge in [0.2, 0.25) is 0 Å². The maximum atomic E-state index is 10.2. The lowest BCUT2D eigenvalue weighted by molar-refractivity contribution is -0.133. The first-order valence-corrected chi connectivity index (χ1v) is 5.19. The van der Waals surface area contributed by atoms with Crippen LogP contribution in [0.2, 0.25) is 0 Å². The van der Waals surface area contributed by atoms with Gasteiger partial charge >= 0.3 is 5.97 Å². The molecule has 76 valence electrons. The van der Waals surface area contributed by atoms with Gasteiger partial charge in [-0.15, -0.1) is 0 Å². The van der Waals surface area contributed by atoms with E-state index in [4.69, 9.17) is 17.3 Å². The molecule has 0 amide bonds. The van der Waals surface area contributed by atoms with Crippen LogP contribution in [0.3, 0.4) is 0 Å². The number of nitrogens with one attached hydrogen (secondary N) is 1. The molecule has 0 atom stereocenters. The van der Waals surface area contributed by atoms with Gasteiger partial charge in [-0.05, 0) is 14.1 Å². The lowest BCUT2D eigenvalue weighted by Gasteiger charge is -2.10. The lowest BCUT2D eigenvalue weighted by Crippen LogP contribution is -2.29. The van der Waals surface area contributed by atoms with E-state index < -0.39 is 5.97 Å². The molecule has 0 saturated heterocycles. The summed E-state index contributed by atoms with van der Waals surface area (Å²) < 4.78 is 0.546. The minimum Gasteiger partial charge on any atom is -0.481 e. The maximum absolute atomic E-state index is 10.2. The molecule has 0 spiro atoms. The standard InChI is InChI=1S/C7H14N2O2S2/c1-9(2)4-3-8-7(12)13-5-6(10)11/h3-5H2,1-2H3,(H,8,12)(H,10,11). The van der Waals surface area contributed by atoms with E-state index in [0.717, 1.165) is 24.9 Å². The van der Waals surface area contributed by atoms with Crippen molar-refractivity contribution in [3.8, 4) is 0 Å². The lowest BCUT2D eigenvalue weighted by atomic mass is 10.6. The van der Waals surface area contributed by atoms with Crippen LogP contribution >= 0.6 is 24.0 Å². The molecule has 0 aliphatic carbocycles. The highest BCUT2D eigenvalue weighted by Crippen LogP contribution is 2.00. The Bertz CT molecular complexity index is 185. The summed E-state index contributed by atoms with van der Waals surface area (Å²) in [4.78, 5) is 12.2. The van der Waals surface area contributed by atoms with Crippen molar-refractivity contribution in [3.63, 3.8) is 0 Å². The summed E-state index contributed by atoms with van der Waals surface area (Å²) >= 11 is 6.03. The van der Waals surface area contributed by atoms with Gasteiger partial charge in [-0.2, -0.15) is 0 Å². The van der Waals surface area contributed by atoms with Crippen molar-refractivity contribution < 1.29 is 9.90 Å². The third-order valence-electron chi connectivity index (χ3n) is 1.16. The topological polar surface area (TPSA) is 52.6 Å². The van der Waals surface area contributed by atoms with Gasteiger partial charge in [0.15, 0.2) is 0 Å². The van der Waals surface area contributed by atoms with Crippen molar-refractivity contribution >= 4 is 34.3 Å². The van der Waals surface area contributed by atoms with E-state index in [1.165, 1.54) is 0 Å². The molecule has 0 aliphatic heterocycles. The third kappa shape index (κ3) is 9.59. The second-order valence-electron chi connectivity index (χ2n) is 2.70. The molecular weight excluding hydrogens is 208 g/mol. The number of rotatable bonds is 5. The van der Waals surface area contributed by atoms with Gasteiger partial charge in [0.25, 0.3) is 0 Å². The molecule has 0 bridgehead atoms. The molecule has 13 heavy (non-hydrogen) atoms. The van der Waals surface area contributed by atoms with E-state index in [-0.39, 0.29) is 5.75 Å². The molecule has 0 aromatic heterocycles. The molecular formula is C7H14N2O2S2. The third-order valence-corrected chi connectivity index (χ3v) is 2.45. The molecule has 0 aromatic rings. The number of carboxylic acids is 1. The van der Waals surface area contributed by atoms with Crippen molar-refractivity contribution in [2.24, 2.45) is 0 Å². The van der Waals surface area contributed by atoms with Crippen LogP contribution in [0, 0.1) is 0 Å². The van der Waals surface area contributed by atoms with Gasteiger partial charge in [-0.3, -0.25) is 4.79 Å². The minimum absolute atomic E-state index is 0.0216. The Labute approximate surface area is 87.7 Å². The first kappa shape index (κ1) is 12.7. The summed E-state index contributed by atoms with van der Waals surface area (Å²) in [7, 11) is 3.93. The molecule has 0 heterocycles. The van der Waals surface area contributed by atoms with Gasteiger partial charge in [0.1, 0.15) is 4.32 Å². The monoisotopic (exact) mass is 222 g/mol. The van der Waals surface area contributed by atoms with E-state index in [2.05, 4.69) is 5.32 Å². The van der Waals surface area contributed by atoms with E-state index in [0.29, 0.717) is 4.32 Å². The minimum atomic E-state index is -0.846. The Morgan fingerprint density at radius 3 is 2.69 bits per heavy atom. The van der Waals surface area contributed by atoms with Gasteiger partial charge in [-0.1, -0.05) is 24.0 Å². The van der Waals surface area contributed by atoms with Crippen LogP contribution in [-0.2, 0) is 4.79 Å². The summed E-state index contributed by atoms with van der Waals surface area (Å²) in [6.45, 7) is 1.63. The summed E-state index contributed by atoms with van der Waals surface area (Å²) in [6, 6.07) is 0. The molecule has 0 saturated carbocycles. The fraction of sp³-hybridized carbons (Fsp3) is 0.714. The number of nitrogens with zero attached hydrogens (tertiary/aromatic N) is 1. The number of aliphatic carboxylic acids is 1. The molecule has 0 radical (unpaired) electrons. The molecule has 2 N–H and O–H groups in total. The average Bonchev–Trinajstić information content (AvgIpc) is 2.00. The highest BCUT2D eigenvalue weighted by molar-refractivity contribution is 8.23. The Morgan fingerprint density at radius 2 is 2.23 bits per heavy atom. The average molecular weight is 222 g/mol. The van der Waals surface area contributed by atoms with E-state index in [9.17, 15) is 4.79 Å². The van der Waals surface area contributed by atoms with Crippen LogP contribution in [0.1, 0.15) is 0 Å². The van der Waals surface area contributed by atoms with E-state index in [1.807, 2.05) is 19.0 Å². The molecule has 0 rings (SSSR count). The van der Waals surface area contributed by atoms with Crippen LogP contribution in [0.4, 0.5) is 0 Å². The van der Waals surface area contributed by atoms with Gasteiger partial charge < -0.3 is 15.3 Å². The summed E-state index contributed by atoms with van der Waals surface area (Å²) in [5.41, 5.74) is 0. The zero-order chi connectivity index (χ0) is 10.3. The number of thioether (sulfide) groups is 1. The largest absolute Gasteiger partial charge is 0.481 e. The molecule has 4 nitrogen and oxygen atoms in total. The predicted octanol–water partition coefficient (Wildman–Crippen LogP) is 0.240. The van der Waals surface area contributed by atoms with Crippen molar-refractivity contribution in [2.45, 2.75) is 0 Å². The summed E-state index contributed by atoms with van der Waals surface area (Å²) in [6.07, 6.45) is 0. The number of hydrogen-bond acceptors (Lipinski definition) is 4. The Hall–Kier alpha value is -0.330. The summed E-state index contributed by atoms with van der Waals surface area (Å²) in [5.74, 6) is -0.824. The Kier molecular flexibility index (Phi) is 6.93. The van der Waals surface area contributed by atoms with Crippen molar-refractivity contribution in [3.05, 3.63) is 0 Å². The smallest absolute Gasteiger partial charge is 0.313 e. The predicted molar refractivity (Wildman–Crippen MR) is 59.2 cm³/mol. The van der Waals surface area contributed by atoms with Crippen LogP contribution in [-0.4, -0.2) is 53.2 Å². The summed E-state index contributed by atoms with van der Waals surface area (Å²) in [5, 5.41) is 11.3. The van der Waals surface area contributed by atoms with Crippen LogP contribution in [0.15, 0.2) is 0 Å². The Morgan fingerprint density at radius 1 is 1.62 bits per heavy atom. The molecule has 0 unspecified atom stereocenters. The van der Waals surface area contributed by atoms with Crippen molar-refractivity contribution in [2.75, 3.05) is 32.9 Å². The van der Waals surface area contributed by atoms with Crippen molar-refractivity contribution in [1.82, 2.24) is 10.2 Å². The van der Waals surface area contributed by atoms with Crippen LogP contribution in [0.5, 0.6) is 0 Å². The van der Waals surface area contributed by atoms with Crippen LogP contribution < -0.4 is 5.32 Å². The van der Waals surface area contributed by atoms with Gasteiger partial charge in [-0.25, -0.2) is 0 Å². The molecule has 0 aromatic carbocycles. The second-order valence-corrected chi connectivity index (χ2v) is 4.35. The number of carboxylic acid groups (broad SMARTS) is 1. The SMILES string of the molecule is CN(C)CCNC(=S)SCC(=O)O. The van der Waals surface area contributed by atoms with E-state index >= 15 is 0 Å². The number of hydrogen-bond donors (Lipinski definition) is 2. The second kappa shape index (κ2) is 7.11. The number of thiocarbonyl (C=S) groups is 1. The zero-order valence-electron chi connectivity index (χ0n) is 7.74. The first-order valence-electron chi connectivity index (χ1n) is 3.79. The number of likely N-dealkylation sites (N-methyl/N-ethyl adjacent to an activating group) is 1. The van der Waals surface area contributed by atoms with Crippen molar-refractivity contribution in [1.29, 1.82) is 0 Å². The maximum Gasteiger partial charge on any atom is 0.313 e. The molecule has 0 fully saturated rings. The zero-order valence-corrected chi connectivity index (χ0v) is 9.37. The first-order chi connectivity index (χ1) is 6.02. The van der Waals surface area contributed by atoms with Crippen LogP contribution in [0.25, 0.3) is 0 Å². The highest BCUT2D eigenvalue weighted by Gasteiger charge is 2.01. The Balaban J connectivity index is 3.36. The number of carbonyl (C=O) groups is 1. The highest BCUT2D eigenvalue weighted by atomic mass is 32.2. The fourth-order valence-corrected chi connectivity index (χ4v) is 1.30. The van der Waals surface area contributed by atoms with E-state index in [1.54, 1.807) is 0 Å². The van der Waals surface area contributed by atoms with Gasteiger partial charge in [0, 0.05) is 13.1 Å².